The van der Waals surface area contributed by atoms with Gasteiger partial charge in [0.25, 0.3) is 10.0 Å². The monoisotopic (exact) mass is 506 g/mol. The molecule has 0 saturated heterocycles. The molecule has 35 heavy (non-hydrogen) atoms. The van der Waals surface area contributed by atoms with Crippen LogP contribution >= 0.6 is 11.6 Å². The van der Waals surface area contributed by atoms with Gasteiger partial charge in [0, 0.05) is 5.69 Å². The van der Waals surface area contributed by atoms with Gasteiger partial charge in [-0.2, -0.15) is 0 Å². The Morgan fingerprint density at radius 2 is 1.40 bits per heavy atom. The lowest BCUT2D eigenvalue weighted by atomic mass is 10.2. The van der Waals surface area contributed by atoms with E-state index in [2.05, 4.69) is 5.32 Å². The van der Waals surface area contributed by atoms with E-state index in [1.807, 2.05) is 30.3 Å². The normalized spacial score (nSPS) is 11.0. The summed E-state index contributed by atoms with van der Waals surface area (Å²) in [5.41, 5.74) is 1.78. The minimum atomic E-state index is -4.04. The summed E-state index contributed by atoms with van der Waals surface area (Å²) in [5.74, 6) is 0.138. The average molecular weight is 507 g/mol. The maximum absolute atomic E-state index is 13.4. The van der Waals surface area contributed by atoms with E-state index in [4.69, 9.17) is 16.3 Å². The maximum Gasteiger partial charge on any atom is 0.264 e. The smallest absolute Gasteiger partial charge is 0.264 e. The zero-order chi connectivity index (χ0) is 24.7. The Morgan fingerprint density at radius 3 is 2.06 bits per heavy atom. The Labute approximate surface area is 209 Å². The number of benzene rings is 4. The molecule has 1 N–H and O–H groups in total. The van der Waals surface area contributed by atoms with E-state index >= 15 is 0 Å². The predicted molar refractivity (Wildman–Crippen MR) is 138 cm³/mol. The number of anilines is 2. The van der Waals surface area contributed by atoms with Crippen LogP contribution in [0.25, 0.3) is 0 Å². The summed E-state index contributed by atoms with van der Waals surface area (Å²) in [6.07, 6.45) is 0. The maximum atomic E-state index is 13.4. The van der Waals surface area contributed by atoms with Crippen molar-refractivity contribution in [3.05, 3.63) is 120 Å². The molecule has 4 aromatic carbocycles. The van der Waals surface area contributed by atoms with Crippen molar-refractivity contribution < 1.29 is 17.9 Å². The van der Waals surface area contributed by atoms with Gasteiger partial charge in [-0.05, 0) is 54.1 Å². The Bertz CT molecular complexity index is 1380. The number of nitrogens with zero attached hydrogens (tertiary/aromatic N) is 1. The van der Waals surface area contributed by atoms with E-state index in [-0.39, 0.29) is 15.6 Å². The highest BCUT2D eigenvalue weighted by atomic mass is 35.5. The van der Waals surface area contributed by atoms with Crippen LogP contribution in [-0.4, -0.2) is 20.9 Å². The second-order valence-corrected chi connectivity index (χ2v) is 9.89. The van der Waals surface area contributed by atoms with Crippen molar-refractivity contribution >= 4 is 38.9 Å². The van der Waals surface area contributed by atoms with Crippen LogP contribution in [0.4, 0.5) is 11.4 Å². The molecule has 178 valence electrons. The lowest BCUT2D eigenvalue weighted by molar-refractivity contribution is -0.114. The van der Waals surface area contributed by atoms with Gasteiger partial charge >= 0.3 is 0 Å². The Kier molecular flexibility index (Phi) is 7.70. The highest BCUT2D eigenvalue weighted by molar-refractivity contribution is 7.92. The highest BCUT2D eigenvalue weighted by Gasteiger charge is 2.28. The topological polar surface area (TPSA) is 75.7 Å². The minimum Gasteiger partial charge on any atom is -0.489 e. The number of rotatable bonds is 9. The first-order valence-corrected chi connectivity index (χ1v) is 12.6. The second-order valence-electron chi connectivity index (χ2n) is 7.62. The third-order valence-electron chi connectivity index (χ3n) is 5.13. The number of halogens is 1. The lowest BCUT2D eigenvalue weighted by Crippen LogP contribution is -2.38. The van der Waals surface area contributed by atoms with E-state index in [0.717, 1.165) is 9.87 Å². The van der Waals surface area contributed by atoms with Gasteiger partial charge in [0.1, 0.15) is 18.9 Å². The average Bonchev–Trinajstić information content (AvgIpc) is 2.88. The molecule has 0 atom stereocenters. The molecule has 0 radical (unpaired) electrons. The zero-order valence-electron chi connectivity index (χ0n) is 18.7. The van der Waals surface area contributed by atoms with Gasteiger partial charge in [0.05, 0.1) is 15.6 Å². The fourth-order valence-electron chi connectivity index (χ4n) is 3.38. The molecule has 8 heteroatoms. The van der Waals surface area contributed by atoms with Crippen molar-refractivity contribution in [3.63, 3.8) is 0 Å². The molecular weight excluding hydrogens is 484 g/mol. The van der Waals surface area contributed by atoms with E-state index in [1.165, 1.54) is 12.1 Å². The number of nitrogens with one attached hydrogen (secondary N) is 1. The molecule has 4 aromatic rings. The Balaban J connectivity index is 1.48. The molecule has 0 aromatic heterocycles. The molecule has 0 saturated carbocycles. The van der Waals surface area contributed by atoms with E-state index < -0.39 is 22.5 Å². The minimum absolute atomic E-state index is 0.0626. The van der Waals surface area contributed by atoms with Crippen molar-refractivity contribution in [2.24, 2.45) is 0 Å². The standard InChI is InChI=1S/C27H23ClN2O4S/c28-25-13-7-8-14-26(25)30(35(32,33)24-11-5-2-6-12-24)19-27(31)29-22-15-17-23(18-16-22)34-20-21-9-3-1-4-10-21/h1-18H,19-20H2,(H,29,31). The van der Waals surface area contributed by atoms with E-state index in [9.17, 15) is 13.2 Å². The summed E-state index contributed by atoms with van der Waals surface area (Å²) in [6.45, 7) is -0.0239. The van der Waals surface area contributed by atoms with Crippen LogP contribution < -0.4 is 14.4 Å². The fraction of sp³-hybridized carbons (Fsp3) is 0.0741. The molecule has 0 fully saturated rings. The lowest BCUT2D eigenvalue weighted by Gasteiger charge is -2.25. The molecule has 0 unspecified atom stereocenters. The van der Waals surface area contributed by atoms with Gasteiger partial charge in [-0.15, -0.1) is 0 Å². The summed E-state index contributed by atoms with van der Waals surface area (Å²) in [4.78, 5) is 13.0. The molecule has 4 rings (SSSR count). The van der Waals surface area contributed by atoms with Crippen molar-refractivity contribution in [3.8, 4) is 5.75 Å². The molecule has 0 aliphatic carbocycles. The number of ether oxygens (including phenoxy) is 1. The summed E-state index contributed by atoms with van der Waals surface area (Å²) in [5, 5.41) is 2.96. The molecule has 0 spiro atoms. The van der Waals surface area contributed by atoms with Gasteiger partial charge < -0.3 is 10.1 Å². The molecule has 0 aliphatic rings. The molecule has 1 amide bonds. The third kappa shape index (κ3) is 6.20. The number of hydrogen-bond acceptors (Lipinski definition) is 4. The number of carbonyl (C=O) groups is 1. The second kappa shape index (κ2) is 11.1. The molecule has 0 aliphatic heterocycles. The summed E-state index contributed by atoms with van der Waals surface area (Å²) < 4.78 is 33.5. The molecule has 0 heterocycles. The summed E-state index contributed by atoms with van der Waals surface area (Å²) in [6, 6.07) is 31.1. The van der Waals surface area contributed by atoms with Crippen LogP contribution in [0.15, 0.2) is 114 Å². The van der Waals surface area contributed by atoms with Crippen molar-refractivity contribution in [1.82, 2.24) is 0 Å². The van der Waals surface area contributed by atoms with Crippen molar-refractivity contribution in [2.45, 2.75) is 11.5 Å². The number of carbonyl (C=O) groups excluding carboxylic acids is 1. The van der Waals surface area contributed by atoms with Crippen LogP contribution in [0.5, 0.6) is 5.75 Å². The fourth-order valence-corrected chi connectivity index (χ4v) is 5.13. The quantitative estimate of drug-likeness (QED) is 0.313. The number of amides is 1. The first kappa shape index (κ1) is 24.3. The van der Waals surface area contributed by atoms with E-state index in [0.29, 0.717) is 18.0 Å². The van der Waals surface area contributed by atoms with Crippen LogP contribution in [0.3, 0.4) is 0 Å². The Morgan fingerprint density at radius 1 is 0.800 bits per heavy atom. The first-order valence-electron chi connectivity index (χ1n) is 10.8. The number of para-hydroxylation sites is 1. The number of hydrogen-bond donors (Lipinski definition) is 1. The number of sulfonamides is 1. The van der Waals surface area contributed by atoms with Crippen LogP contribution in [0, 0.1) is 0 Å². The SMILES string of the molecule is O=C(CN(c1ccccc1Cl)S(=O)(=O)c1ccccc1)Nc1ccc(OCc2ccccc2)cc1. The molecular formula is C27H23ClN2O4S. The van der Waals surface area contributed by atoms with Gasteiger partial charge in [-0.25, -0.2) is 8.42 Å². The van der Waals surface area contributed by atoms with Gasteiger partial charge in [0.15, 0.2) is 0 Å². The Hall–Kier alpha value is -3.81. The van der Waals surface area contributed by atoms with Crippen LogP contribution in [0.1, 0.15) is 5.56 Å². The summed E-state index contributed by atoms with van der Waals surface area (Å²) >= 11 is 6.30. The molecule has 6 nitrogen and oxygen atoms in total. The van der Waals surface area contributed by atoms with E-state index in [1.54, 1.807) is 66.7 Å². The van der Waals surface area contributed by atoms with Crippen molar-refractivity contribution in [1.29, 1.82) is 0 Å². The zero-order valence-corrected chi connectivity index (χ0v) is 20.2. The first-order chi connectivity index (χ1) is 16.9. The van der Waals surface area contributed by atoms with Crippen molar-refractivity contribution in [2.75, 3.05) is 16.2 Å². The predicted octanol–water partition coefficient (Wildman–Crippen LogP) is 5.75. The van der Waals surface area contributed by atoms with Crippen LogP contribution in [0.2, 0.25) is 5.02 Å². The highest BCUT2D eigenvalue weighted by Crippen LogP contribution is 2.30. The summed E-state index contributed by atoms with van der Waals surface area (Å²) in [7, 11) is -4.04. The van der Waals surface area contributed by atoms with Gasteiger partial charge in [-0.3, -0.25) is 9.10 Å². The van der Waals surface area contributed by atoms with Gasteiger partial charge in [-0.1, -0.05) is 72.3 Å². The van der Waals surface area contributed by atoms with Crippen LogP contribution in [-0.2, 0) is 21.4 Å². The third-order valence-corrected chi connectivity index (χ3v) is 7.22. The molecule has 0 bridgehead atoms. The largest absolute Gasteiger partial charge is 0.489 e. The van der Waals surface area contributed by atoms with Gasteiger partial charge in [0.2, 0.25) is 5.91 Å².